The van der Waals surface area contributed by atoms with Gasteiger partial charge in [-0.05, 0) is 30.9 Å². The summed E-state index contributed by atoms with van der Waals surface area (Å²) >= 11 is 0. The van der Waals surface area contributed by atoms with Crippen molar-refractivity contribution < 1.29 is 13.2 Å². The summed E-state index contributed by atoms with van der Waals surface area (Å²) in [6, 6.07) is 7.89. The first-order valence-corrected chi connectivity index (χ1v) is 9.00. The highest BCUT2D eigenvalue weighted by Crippen LogP contribution is 2.28. The number of nitrogens with zero attached hydrogens (tertiary/aromatic N) is 1. The molecule has 1 N–H and O–H groups in total. The lowest BCUT2D eigenvalue weighted by Crippen LogP contribution is -2.38. The fraction of sp³-hybridized carbons (Fsp3) is 0.533. The molecule has 0 saturated carbocycles. The molecular formula is C15H20N2O3S. The Morgan fingerprint density at radius 1 is 1.33 bits per heavy atom. The molecule has 1 aromatic rings. The van der Waals surface area contributed by atoms with Crippen LogP contribution in [-0.2, 0) is 14.6 Å². The number of benzene rings is 1. The van der Waals surface area contributed by atoms with Crippen LogP contribution >= 0.6 is 0 Å². The van der Waals surface area contributed by atoms with Crippen LogP contribution in [-0.4, -0.2) is 43.3 Å². The van der Waals surface area contributed by atoms with E-state index in [4.69, 9.17) is 0 Å². The molecule has 2 aliphatic heterocycles. The minimum absolute atomic E-state index is 0.0228. The van der Waals surface area contributed by atoms with Crippen molar-refractivity contribution in [2.45, 2.75) is 31.2 Å². The zero-order valence-electron chi connectivity index (χ0n) is 12.1. The number of aryl methyl sites for hydroxylation is 1. The fourth-order valence-corrected chi connectivity index (χ4v) is 5.02. The van der Waals surface area contributed by atoms with E-state index in [2.05, 4.69) is 5.32 Å². The number of hydrogen-bond donors (Lipinski definition) is 1. The average Bonchev–Trinajstić information content (AvgIpc) is 2.95. The highest BCUT2D eigenvalue weighted by Gasteiger charge is 2.39. The van der Waals surface area contributed by atoms with E-state index in [9.17, 15) is 13.2 Å². The Morgan fingerprint density at radius 3 is 2.76 bits per heavy atom. The molecule has 2 aliphatic rings. The summed E-state index contributed by atoms with van der Waals surface area (Å²) in [4.78, 5) is 13.8. The van der Waals surface area contributed by atoms with Crippen LogP contribution < -0.4 is 5.32 Å². The summed E-state index contributed by atoms with van der Waals surface area (Å²) in [6.45, 7) is 2.57. The standard InChI is InChI=1S/C15H20N2O3S/c1-11-5-2-3-7-13(11)15-16-9-14(18)17(15)10-12-6-4-8-21(12,19)20/h2-3,5,7,12,15-16H,4,6,8-10H2,1H3. The maximum atomic E-state index is 12.1. The van der Waals surface area contributed by atoms with Gasteiger partial charge in [-0.1, -0.05) is 24.3 Å². The van der Waals surface area contributed by atoms with Crippen molar-refractivity contribution in [3.8, 4) is 0 Å². The summed E-state index contributed by atoms with van der Waals surface area (Å²) in [5, 5.41) is 2.79. The van der Waals surface area contributed by atoms with Crippen molar-refractivity contribution in [1.82, 2.24) is 10.2 Å². The minimum atomic E-state index is -3.04. The van der Waals surface area contributed by atoms with Crippen LogP contribution in [0.15, 0.2) is 24.3 Å². The first-order chi connectivity index (χ1) is 9.99. The van der Waals surface area contributed by atoms with E-state index >= 15 is 0 Å². The van der Waals surface area contributed by atoms with Gasteiger partial charge in [-0.3, -0.25) is 10.1 Å². The number of nitrogens with one attached hydrogen (secondary N) is 1. The summed E-state index contributed by atoms with van der Waals surface area (Å²) in [6.07, 6.45) is 1.15. The van der Waals surface area contributed by atoms with E-state index in [1.54, 1.807) is 4.90 Å². The smallest absolute Gasteiger partial charge is 0.238 e. The van der Waals surface area contributed by atoms with Gasteiger partial charge in [0.15, 0.2) is 9.84 Å². The summed E-state index contributed by atoms with van der Waals surface area (Å²) in [5.41, 5.74) is 2.14. The third-order valence-corrected chi connectivity index (χ3v) is 6.68. The van der Waals surface area contributed by atoms with E-state index in [0.717, 1.165) is 11.1 Å². The maximum Gasteiger partial charge on any atom is 0.238 e. The van der Waals surface area contributed by atoms with Gasteiger partial charge >= 0.3 is 0 Å². The monoisotopic (exact) mass is 308 g/mol. The van der Waals surface area contributed by atoms with Gasteiger partial charge in [0.1, 0.15) is 6.17 Å². The molecule has 0 aromatic heterocycles. The lowest BCUT2D eigenvalue weighted by atomic mass is 10.1. The van der Waals surface area contributed by atoms with Crippen LogP contribution in [0.3, 0.4) is 0 Å². The normalized spacial score (nSPS) is 28.2. The predicted molar refractivity (Wildman–Crippen MR) is 80.4 cm³/mol. The second-order valence-electron chi connectivity index (χ2n) is 5.82. The summed E-state index contributed by atoms with van der Waals surface area (Å²) in [5.74, 6) is 0.229. The zero-order chi connectivity index (χ0) is 15.0. The van der Waals surface area contributed by atoms with Crippen molar-refractivity contribution in [3.05, 3.63) is 35.4 Å². The van der Waals surface area contributed by atoms with Crippen molar-refractivity contribution in [3.63, 3.8) is 0 Å². The van der Waals surface area contributed by atoms with Crippen molar-refractivity contribution in [1.29, 1.82) is 0 Å². The Kier molecular flexibility index (Phi) is 3.75. The Labute approximate surface area is 125 Å². The molecule has 2 heterocycles. The molecular weight excluding hydrogens is 288 g/mol. The molecule has 5 nitrogen and oxygen atoms in total. The lowest BCUT2D eigenvalue weighted by molar-refractivity contribution is -0.128. The summed E-state index contributed by atoms with van der Waals surface area (Å²) in [7, 11) is -3.04. The SMILES string of the molecule is Cc1ccccc1C1NCC(=O)N1CC1CCCS1(=O)=O. The molecule has 0 bridgehead atoms. The van der Waals surface area contributed by atoms with E-state index < -0.39 is 15.1 Å². The van der Waals surface area contributed by atoms with Crippen LogP contribution in [0.2, 0.25) is 0 Å². The molecule has 0 aliphatic carbocycles. The van der Waals surface area contributed by atoms with Crippen molar-refractivity contribution >= 4 is 15.7 Å². The largest absolute Gasteiger partial charge is 0.321 e. The predicted octanol–water partition coefficient (Wildman–Crippen LogP) is 1.00. The quantitative estimate of drug-likeness (QED) is 0.905. The topological polar surface area (TPSA) is 66.5 Å². The molecule has 114 valence electrons. The number of sulfone groups is 1. The Balaban J connectivity index is 1.85. The van der Waals surface area contributed by atoms with Gasteiger partial charge in [0.25, 0.3) is 0 Å². The van der Waals surface area contributed by atoms with Crippen LogP contribution in [0.5, 0.6) is 0 Å². The van der Waals surface area contributed by atoms with Gasteiger partial charge in [0.05, 0.1) is 17.5 Å². The van der Waals surface area contributed by atoms with Gasteiger partial charge in [-0.2, -0.15) is 0 Å². The summed E-state index contributed by atoms with van der Waals surface area (Å²) < 4.78 is 24.0. The maximum absolute atomic E-state index is 12.1. The first-order valence-electron chi connectivity index (χ1n) is 7.29. The zero-order valence-corrected chi connectivity index (χ0v) is 12.9. The number of amides is 1. The highest BCUT2D eigenvalue weighted by molar-refractivity contribution is 7.92. The number of rotatable bonds is 3. The second-order valence-corrected chi connectivity index (χ2v) is 8.22. The molecule has 21 heavy (non-hydrogen) atoms. The van der Waals surface area contributed by atoms with E-state index in [1.165, 1.54) is 0 Å². The van der Waals surface area contributed by atoms with Gasteiger partial charge in [0.2, 0.25) is 5.91 Å². The minimum Gasteiger partial charge on any atom is -0.321 e. The molecule has 2 unspecified atom stereocenters. The van der Waals surface area contributed by atoms with Crippen molar-refractivity contribution in [2.75, 3.05) is 18.8 Å². The molecule has 2 saturated heterocycles. The van der Waals surface area contributed by atoms with E-state index in [1.807, 2.05) is 31.2 Å². The van der Waals surface area contributed by atoms with Crippen molar-refractivity contribution in [2.24, 2.45) is 0 Å². The van der Waals surface area contributed by atoms with E-state index in [0.29, 0.717) is 19.4 Å². The van der Waals surface area contributed by atoms with Crippen LogP contribution in [0.1, 0.15) is 30.1 Å². The molecule has 0 spiro atoms. The third kappa shape index (κ3) is 2.70. The average molecular weight is 308 g/mol. The molecule has 1 amide bonds. The number of carbonyl (C=O) groups is 1. The van der Waals surface area contributed by atoms with E-state index in [-0.39, 0.29) is 24.4 Å². The first kappa shape index (κ1) is 14.5. The second kappa shape index (κ2) is 5.42. The number of hydrogen-bond acceptors (Lipinski definition) is 4. The van der Waals surface area contributed by atoms with Crippen LogP contribution in [0.4, 0.5) is 0 Å². The lowest BCUT2D eigenvalue weighted by Gasteiger charge is -2.28. The third-order valence-electron chi connectivity index (χ3n) is 4.42. The number of carbonyl (C=O) groups excluding carboxylic acids is 1. The fourth-order valence-electron chi connectivity index (χ4n) is 3.20. The van der Waals surface area contributed by atoms with Gasteiger partial charge in [-0.25, -0.2) is 8.42 Å². The molecule has 3 rings (SSSR count). The molecule has 2 fully saturated rings. The highest BCUT2D eigenvalue weighted by atomic mass is 32.2. The molecule has 2 atom stereocenters. The molecule has 1 aromatic carbocycles. The van der Waals surface area contributed by atoms with Gasteiger partial charge in [-0.15, -0.1) is 0 Å². The Hall–Kier alpha value is -1.40. The van der Waals surface area contributed by atoms with Crippen LogP contribution in [0.25, 0.3) is 0 Å². The van der Waals surface area contributed by atoms with Gasteiger partial charge < -0.3 is 4.90 Å². The molecule has 0 radical (unpaired) electrons. The molecule has 6 heteroatoms. The Morgan fingerprint density at radius 2 is 2.10 bits per heavy atom. The van der Waals surface area contributed by atoms with Crippen LogP contribution in [0, 0.1) is 6.92 Å². The van der Waals surface area contributed by atoms with Gasteiger partial charge in [0, 0.05) is 6.54 Å². The Bertz CT molecular complexity index is 657.